The SMILES string of the molecule is CCCCCCCc1ccc(-c2ncco2)cc1. The number of benzene rings is 1. The fourth-order valence-electron chi connectivity index (χ4n) is 2.11. The predicted molar refractivity (Wildman–Crippen MR) is 74.4 cm³/mol. The standard InChI is InChI=1S/C16H21NO/c1-2-3-4-5-6-7-14-8-10-15(11-9-14)16-17-12-13-18-16/h8-13H,2-7H2,1H3. The molecular formula is C16H21NO. The summed E-state index contributed by atoms with van der Waals surface area (Å²) in [6.45, 7) is 2.25. The van der Waals surface area contributed by atoms with Crippen LogP contribution in [0.5, 0.6) is 0 Å². The quantitative estimate of drug-likeness (QED) is 0.649. The van der Waals surface area contributed by atoms with Crippen molar-refractivity contribution in [3.63, 3.8) is 0 Å². The van der Waals surface area contributed by atoms with Crippen molar-refractivity contribution < 1.29 is 4.42 Å². The van der Waals surface area contributed by atoms with Crippen molar-refractivity contribution in [2.75, 3.05) is 0 Å². The molecule has 0 N–H and O–H groups in total. The summed E-state index contributed by atoms with van der Waals surface area (Å²) in [6.07, 6.45) is 11.1. The zero-order valence-electron chi connectivity index (χ0n) is 11.1. The summed E-state index contributed by atoms with van der Waals surface area (Å²) in [5.41, 5.74) is 2.46. The van der Waals surface area contributed by atoms with Crippen molar-refractivity contribution in [3.8, 4) is 11.5 Å². The first-order valence-electron chi connectivity index (χ1n) is 6.89. The Labute approximate surface area is 109 Å². The number of nitrogens with zero attached hydrogens (tertiary/aromatic N) is 1. The van der Waals surface area contributed by atoms with Gasteiger partial charge in [0, 0.05) is 5.56 Å². The van der Waals surface area contributed by atoms with E-state index in [0.717, 1.165) is 5.56 Å². The molecule has 0 unspecified atom stereocenters. The Kier molecular flexibility index (Phi) is 5.00. The van der Waals surface area contributed by atoms with Crippen molar-refractivity contribution in [1.29, 1.82) is 0 Å². The molecule has 1 aromatic heterocycles. The van der Waals surface area contributed by atoms with Gasteiger partial charge in [-0.1, -0.05) is 44.7 Å². The highest BCUT2D eigenvalue weighted by atomic mass is 16.3. The molecule has 0 aliphatic heterocycles. The van der Waals surface area contributed by atoms with E-state index in [9.17, 15) is 0 Å². The number of rotatable bonds is 7. The Morgan fingerprint density at radius 3 is 2.44 bits per heavy atom. The fourth-order valence-corrected chi connectivity index (χ4v) is 2.11. The lowest BCUT2D eigenvalue weighted by Gasteiger charge is -2.02. The molecule has 0 aliphatic rings. The van der Waals surface area contributed by atoms with E-state index in [1.165, 1.54) is 44.1 Å². The van der Waals surface area contributed by atoms with E-state index in [4.69, 9.17) is 4.42 Å². The summed E-state index contributed by atoms with van der Waals surface area (Å²) in [6, 6.07) is 8.54. The van der Waals surface area contributed by atoms with Gasteiger partial charge < -0.3 is 4.42 Å². The fraction of sp³-hybridized carbons (Fsp3) is 0.438. The van der Waals surface area contributed by atoms with Crippen LogP contribution in [-0.4, -0.2) is 4.98 Å². The lowest BCUT2D eigenvalue weighted by Crippen LogP contribution is -1.86. The van der Waals surface area contributed by atoms with Gasteiger partial charge in [0.05, 0.1) is 6.20 Å². The minimum absolute atomic E-state index is 0.699. The van der Waals surface area contributed by atoms with Gasteiger partial charge in [-0.05, 0) is 30.5 Å². The highest BCUT2D eigenvalue weighted by Gasteiger charge is 2.01. The monoisotopic (exact) mass is 243 g/mol. The first-order chi connectivity index (χ1) is 8.90. The molecular weight excluding hydrogens is 222 g/mol. The lowest BCUT2D eigenvalue weighted by molar-refractivity contribution is 0.574. The van der Waals surface area contributed by atoms with Crippen molar-refractivity contribution >= 4 is 0 Å². The minimum atomic E-state index is 0.699. The average molecular weight is 243 g/mol. The lowest BCUT2D eigenvalue weighted by atomic mass is 10.0. The van der Waals surface area contributed by atoms with Gasteiger partial charge in [0.1, 0.15) is 6.26 Å². The van der Waals surface area contributed by atoms with E-state index < -0.39 is 0 Å². The molecule has 0 saturated carbocycles. The molecule has 18 heavy (non-hydrogen) atoms. The second-order valence-electron chi connectivity index (χ2n) is 4.70. The number of unbranched alkanes of at least 4 members (excludes halogenated alkanes) is 4. The van der Waals surface area contributed by atoms with Crippen LogP contribution in [0.25, 0.3) is 11.5 Å². The van der Waals surface area contributed by atoms with Crippen LogP contribution in [0.2, 0.25) is 0 Å². The molecule has 1 heterocycles. The number of hydrogen-bond donors (Lipinski definition) is 0. The minimum Gasteiger partial charge on any atom is -0.445 e. The topological polar surface area (TPSA) is 26.0 Å². The number of hydrogen-bond acceptors (Lipinski definition) is 2. The van der Waals surface area contributed by atoms with Gasteiger partial charge in [0.2, 0.25) is 5.89 Å². The zero-order chi connectivity index (χ0) is 12.6. The van der Waals surface area contributed by atoms with Crippen molar-refractivity contribution in [1.82, 2.24) is 4.98 Å². The third kappa shape index (κ3) is 3.73. The van der Waals surface area contributed by atoms with Crippen LogP contribution in [0.4, 0.5) is 0 Å². The summed E-state index contributed by atoms with van der Waals surface area (Å²) in [5, 5.41) is 0. The molecule has 0 fully saturated rings. The molecule has 0 atom stereocenters. The Balaban J connectivity index is 1.81. The molecule has 2 aromatic rings. The summed E-state index contributed by atoms with van der Waals surface area (Å²) in [5.74, 6) is 0.699. The molecule has 0 saturated heterocycles. The van der Waals surface area contributed by atoms with Crippen LogP contribution in [-0.2, 0) is 6.42 Å². The van der Waals surface area contributed by atoms with Crippen LogP contribution < -0.4 is 0 Å². The molecule has 0 radical (unpaired) electrons. The first-order valence-corrected chi connectivity index (χ1v) is 6.89. The zero-order valence-corrected chi connectivity index (χ0v) is 11.1. The van der Waals surface area contributed by atoms with Crippen molar-refractivity contribution in [3.05, 3.63) is 42.3 Å². The van der Waals surface area contributed by atoms with Crippen molar-refractivity contribution in [2.24, 2.45) is 0 Å². The molecule has 0 amide bonds. The molecule has 2 nitrogen and oxygen atoms in total. The Bertz CT molecular complexity index is 431. The Morgan fingerprint density at radius 2 is 1.78 bits per heavy atom. The summed E-state index contributed by atoms with van der Waals surface area (Å²) in [4.78, 5) is 4.15. The highest BCUT2D eigenvalue weighted by molar-refractivity contribution is 5.53. The van der Waals surface area contributed by atoms with Crippen LogP contribution >= 0.6 is 0 Å². The van der Waals surface area contributed by atoms with Gasteiger partial charge in [0.25, 0.3) is 0 Å². The molecule has 0 spiro atoms. The maximum atomic E-state index is 5.27. The van der Waals surface area contributed by atoms with Gasteiger partial charge in [-0.15, -0.1) is 0 Å². The number of oxazole rings is 1. The van der Waals surface area contributed by atoms with E-state index in [2.05, 4.69) is 36.2 Å². The maximum absolute atomic E-state index is 5.27. The smallest absolute Gasteiger partial charge is 0.225 e. The summed E-state index contributed by atoms with van der Waals surface area (Å²) in [7, 11) is 0. The van der Waals surface area contributed by atoms with E-state index in [-0.39, 0.29) is 0 Å². The Hall–Kier alpha value is -1.57. The van der Waals surface area contributed by atoms with E-state index in [1.54, 1.807) is 12.5 Å². The molecule has 0 bridgehead atoms. The molecule has 2 rings (SSSR count). The van der Waals surface area contributed by atoms with Gasteiger partial charge in [-0.2, -0.15) is 0 Å². The molecule has 96 valence electrons. The second kappa shape index (κ2) is 7.00. The third-order valence-corrected chi connectivity index (χ3v) is 3.20. The van der Waals surface area contributed by atoms with Crippen LogP contribution in [0.1, 0.15) is 44.6 Å². The van der Waals surface area contributed by atoms with Crippen LogP contribution in [0, 0.1) is 0 Å². The van der Waals surface area contributed by atoms with Gasteiger partial charge in [0.15, 0.2) is 0 Å². The number of aryl methyl sites for hydroxylation is 1. The predicted octanol–water partition coefficient (Wildman–Crippen LogP) is 4.85. The molecule has 0 aliphatic carbocycles. The number of aromatic nitrogens is 1. The van der Waals surface area contributed by atoms with Crippen molar-refractivity contribution in [2.45, 2.75) is 45.4 Å². The normalized spacial score (nSPS) is 10.7. The van der Waals surface area contributed by atoms with Gasteiger partial charge >= 0.3 is 0 Å². The largest absolute Gasteiger partial charge is 0.445 e. The summed E-state index contributed by atoms with van der Waals surface area (Å²) >= 11 is 0. The van der Waals surface area contributed by atoms with Crippen LogP contribution in [0.3, 0.4) is 0 Å². The van der Waals surface area contributed by atoms with E-state index >= 15 is 0 Å². The summed E-state index contributed by atoms with van der Waals surface area (Å²) < 4.78 is 5.27. The van der Waals surface area contributed by atoms with Crippen LogP contribution in [0.15, 0.2) is 41.1 Å². The van der Waals surface area contributed by atoms with Gasteiger partial charge in [-0.25, -0.2) is 4.98 Å². The second-order valence-corrected chi connectivity index (χ2v) is 4.70. The average Bonchev–Trinajstić information content (AvgIpc) is 2.93. The molecule has 1 aromatic carbocycles. The van der Waals surface area contributed by atoms with E-state index in [0.29, 0.717) is 5.89 Å². The van der Waals surface area contributed by atoms with E-state index in [1.807, 2.05) is 0 Å². The highest BCUT2D eigenvalue weighted by Crippen LogP contribution is 2.18. The first kappa shape index (κ1) is 12.9. The third-order valence-electron chi connectivity index (χ3n) is 3.20. The Morgan fingerprint density at radius 1 is 1.00 bits per heavy atom. The molecule has 2 heteroatoms. The van der Waals surface area contributed by atoms with Gasteiger partial charge in [-0.3, -0.25) is 0 Å². The maximum Gasteiger partial charge on any atom is 0.225 e.